The number of halogens is 3. The van der Waals surface area contributed by atoms with Crippen LogP contribution in [-0.2, 0) is 6.61 Å². The van der Waals surface area contributed by atoms with E-state index >= 15 is 0 Å². The average Bonchev–Trinajstić information content (AvgIpc) is 2.64. The summed E-state index contributed by atoms with van der Waals surface area (Å²) >= 11 is 15.4. The van der Waals surface area contributed by atoms with Crippen molar-refractivity contribution >= 4 is 39.1 Å². The quantitative estimate of drug-likeness (QED) is 0.925. The Kier molecular flexibility index (Phi) is 3.49. The minimum Gasteiger partial charge on any atom is -0.390 e. The lowest BCUT2D eigenvalue weighted by Gasteiger charge is -2.06. The SMILES string of the molecule is OCc1cn(-c2c(Cl)cc(Br)cc2Cl)nn1. The molecule has 0 atom stereocenters. The van der Waals surface area contributed by atoms with Crippen molar-refractivity contribution in [2.45, 2.75) is 6.61 Å². The van der Waals surface area contributed by atoms with E-state index in [0.29, 0.717) is 21.4 Å². The molecule has 84 valence electrons. The maximum Gasteiger partial charge on any atom is 0.109 e. The minimum atomic E-state index is -0.175. The standard InChI is InChI=1S/C9H6BrCl2N3O/c10-5-1-7(11)9(8(12)2-5)15-3-6(4-16)13-14-15/h1-3,16H,4H2. The van der Waals surface area contributed by atoms with E-state index < -0.39 is 0 Å². The van der Waals surface area contributed by atoms with Crippen molar-refractivity contribution in [3.05, 3.63) is 38.5 Å². The molecule has 1 heterocycles. The third kappa shape index (κ3) is 2.22. The smallest absolute Gasteiger partial charge is 0.109 e. The van der Waals surface area contributed by atoms with Gasteiger partial charge in [0.25, 0.3) is 0 Å². The van der Waals surface area contributed by atoms with Gasteiger partial charge in [0.2, 0.25) is 0 Å². The van der Waals surface area contributed by atoms with Gasteiger partial charge in [-0.1, -0.05) is 44.3 Å². The van der Waals surface area contributed by atoms with E-state index in [9.17, 15) is 0 Å². The van der Waals surface area contributed by atoms with Crippen molar-refractivity contribution in [3.63, 3.8) is 0 Å². The van der Waals surface area contributed by atoms with Crippen LogP contribution in [0.15, 0.2) is 22.8 Å². The highest BCUT2D eigenvalue weighted by molar-refractivity contribution is 9.10. The van der Waals surface area contributed by atoms with Crippen molar-refractivity contribution in [3.8, 4) is 5.69 Å². The summed E-state index contributed by atoms with van der Waals surface area (Å²) in [4.78, 5) is 0. The van der Waals surface area contributed by atoms with Crippen molar-refractivity contribution in [1.29, 1.82) is 0 Å². The largest absolute Gasteiger partial charge is 0.390 e. The van der Waals surface area contributed by atoms with Crippen molar-refractivity contribution in [1.82, 2.24) is 15.0 Å². The Balaban J connectivity index is 2.55. The molecule has 1 aromatic heterocycles. The Morgan fingerprint density at radius 2 is 1.94 bits per heavy atom. The zero-order chi connectivity index (χ0) is 11.7. The van der Waals surface area contributed by atoms with Gasteiger partial charge < -0.3 is 5.11 Å². The van der Waals surface area contributed by atoms with Crippen LogP contribution in [0.2, 0.25) is 10.0 Å². The fourth-order valence-electron chi connectivity index (χ4n) is 1.23. The summed E-state index contributed by atoms with van der Waals surface area (Å²) in [5.74, 6) is 0. The van der Waals surface area contributed by atoms with Crippen molar-refractivity contribution in [2.24, 2.45) is 0 Å². The van der Waals surface area contributed by atoms with Crippen LogP contribution < -0.4 is 0 Å². The molecule has 1 aromatic carbocycles. The topological polar surface area (TPSA) is 50.9 Å². The van der Waals surface area contributed by atoms with Gasteiger partial charge in [0, 0.05) is 4.47 Å². The van der Waals surface area contributed by atoms with Crippen molar-refractivity contribution < 1.29 is 5.11 Å². The fraction of sp³-hybridized carbons (Fsp3) is 0.111. The van der Waals surface area contributed by atoms with E-state index in [4.69, 9.17) is 28.3 Å². The Labute approximate surface area is 110 Å². The summed E-state index contributed by atoms with van der Waals surface area (Å²) in [5.41, 5.74) is 0.994. The van der Waals surface area contributed by atoms with Gasteiger partial charge in [-0.05, 0) is 12.1 Å². The van der Waals surface area contributed by atoms with E-state index in [2.05, 4.69) is 26.2 Å². The van der Waals surface area contributed by atoms with E-state index in [0.717, 1.165) is 4.47 Å². The van der Waals surface area contributed by atoms with Gasteiger partial charge in [-0.15, -0.1) is 5.10 Å². The maximum absolute atomic E-state index is 8.89. The predicted molar refractivity (Wildman–Crippen MR) is 65.0 cm³/mol. The lowest BCUT2D eigenvalue weighted by molar-refractivity contribution is 0.276. The van der Waals surface area contributed by atoms with E-state index in [1.165, 1.54) is 4.68 Å². The number of aliphatic hydroxyl groups excluding tert-OH is 1. The van der Waals surface area contributed by atoms with Gasteiger partial charge in [-0.2, -0.15) is 0 Å². The second-order valence-corrected chi connectivity index (χ2v) is 4.76. The summed E-state index contributed by atoms with van der Waals surface area (Å²) in [5, 5.41) is 17.4. The highest BCUT2D eigenvalue weighted by atomic mass is 79.9. The first-order valence-corrected chi connectivity index (χ1v) is 5.83. The minimum absolute atomic E-state index is 0.175. The molecule has 0 unspecified atom stereocenters. The van der Waals surface area contributed by atoms with Gasteiger partial charge in [0.15, 0.2) is 0 Å². The van der Waals surface area contributed by atoms with Crippen LogP contribution in [-0.4, -0.2) is 20.1 Å². The molecule has 0 aliphatic rings. The molecule has 2 rings (SSSR count). The van der Waals surface area contributed by atoms with E-state index in [1.807, 2.05) is 0 Å². The molecule has 4 nitrogen and oxygen atoms in total. The molecule has 0 aliphatic carbocycles. The number of aliphatic hydroxyl groups is 1. The van der Waals surface area contributed by atoms with E-state index in [-0.39, 0.29) is 6.61 Å². The molecular weight excluding hydrogens is 317 g/mol. The van der Waals surface area contributed by atoms with Crippen LogP contribution in [0.1, 0.15) is 5.69 Å². The number of nitrogens with zero attached hydrogens (tertiary/aromatic N) is 3. The number of aromatic nitrogens is 3. The molecule has 16 heavy (non-hydrogen) atoms. The number of hydrogen-bond donors (Lipinski definition) is 1. The molecule has 0 saturated heterocycles. The monoisotopic (exact) mass is 321 g/mol. The van der Waals surface area contributed by atoms with Gasteiger partial charge >= 0.3 is 0 Å². The lowest BCUT2D eigenvalue weighted by atomic mass is 10.3. The zero-order valence-corrected chi connectivity index (χ0v) is 11.0. The molecular formula is C9H6BrCl2N3O. The molecule has 2 aromatic rings. The molecule has 0 radical (unpaired) electrons. The lowest BCUT2D eigenvalue weighted by Crippen LogP contribution is -1.97. The van der Waals surface area contributed by atoms with Crippen LogP contribution in [0.5, 0.6) is 0 Å². The average molecular weight is 323 g/mol. The first-order valence-electron chi connectivity index (χ1n) is 4.29. The third-order valence-electron chi connectivity index (χ3n) is 1.91. The van der Waals surface area contributed by atoms with Crippen LogP contribution >= 0.6 is 39.1 Å². The molecule has 0 aliphatic heterocycles. The van der Waals surface area contributed by atoms with Crippen molar-refractivity contribution in [2.75, 3.05) is 0 Å². The first kappa shape index (κ1) is 11.9. The molecule has 0 bridgehead atoms. The van der Waals surface area contributed by atoms with Gasteiger partial charge in [-0.25, -0.2) is 4.68 Å². The van der Waals surface area contributed by atoms with Crippen LogP contribution in [0.4, 0.5) is 0 Å². The maximum atomic E-state index is 8.89. The Morgan fingerprint density at radius 3 is 2.44 bits per heavy atom. The highest BCUT2D eigenvalue weighted by Gasteiger charge is 2.11. The van der Waals surface area contributed by atoms with Gasteiger partial charge in [0.1, 0.15) is 11.4 Å². The molecule has 7 heteroatoms. The van der Waals surface area contributed by atoms with Crippen LogP contribution in [0.25, 0.3) is 5.69 Å². The van der Waals surface area contributed by atoms with Gasteiger partial charge in [-0.3, -0.25) is 0 Å². The molecule has 1 N–H and O–H groups in total. The van der Waals surface area contributed by atoms with Crippen LogP contribution in [0, 0.1) is 0 Å². The van der Waals surface area contributed by atoms with Gasteiger partial charge in [0.05, 0.1) is 22.8 Å². The van der Waals surface area contributed by atoms with E-state index in [1.54, 1.807) is 18.3 Å². The highest BCUT2D eigenvalue weighted by Crippen LogP contribution is 2.31. The fourth-order valence-corrected chi connectivity index (χ4v) is 2.62. The molecule has 0 amide bonds. The summed E-state index contributed by atoms with van der Waals surface area (Å²) < 4.78 is 2.22. The summed E-state index contributed by atoms with van der Waals surface area (Å²) in [6.07, 6.45) is 1.57. The predicted octanol–water partition coefficient (Wildman–Crippen LogP) is 2.83. The number of rotatable bonds is 2. The Morgan fingerprint density at radius 1 is 1.31 bits per heavy atom. The second kappa shape index (κ2) is 4.71. The number of hydrogen-bond acceptors (Lipinski definition) is 3. The summed E-state index contributed by atoms with van der Waals surface area (Å²) in [7, 11) is 0. The number of benzene rings is 1. The first-order chi connectivity index (χ1) is 7.61. The summed E-state index contributed by atoms with van der Waals surface area (Å²) in [6.45, 7) is -0.175. The third-order valence-corrected chi connectivity index (χ3v) is 2.95. The molecule has 0 saturated carbocycles. The zero-order valence-electron chi connectivity index (χ0n) is 7.86. The second-order valence-electron chi connectivity index (χ2n) is 3.03. The normalized spacial score (nSPS) is 10.8. The van der Waals surface area contributed by atoms with Crippen LogP contribution in [0.3, 0.4) is 0 Å². The Hall–Kier alpha value is -0.620. The molecule has 0 spiro atoms. The Bertz CT molecular complexity index is 506. The molecule has 0 fully saturated rings. The summed E-state index contributed by atoms with van der Waals surface area (Å²) in [6, 6.07) is 3.42.